The Labute approximate surface area is 80.5 Å². The summed E-state index contributed by atoms with van der Waals surface area (Å²) < 4.78 is 50.7. The Morgan fingerprint density at radius 2 is 0.900 bits per heavy atom. The van der Waals surface area contributed by atoms with Gasteiger partial charge in [-0.25, -0.2) is 0 Å². The summed E-state index contributed by atoms with van der Waals surface area (Å²) >= 11 is -6.22. The number of rotatable bonds is 0. The molecule has 0 saturated carbocycles. The van der Waals surface area contributed by atoms with Crippen molar-refractivity contribution in [1.29, 1.82) is 0 Å². The van der Waals surface area contributed by atoms with Gasteiger partial charge in [-0.05, 0) is 0 Å². The second kappa shape index (κ2) is 16.4. The van der Waals surface area contributed by atoms with E-state index in [9.17, 15) is 0 Å². The molecule has 0 aromatic heterocycles. The van der Waals surface area contributed by atoms with Crippen molar-refractivity contribution in [2.24, 2.45) is 0 Å². The van der Waals surface area contributed by atoms with Gasteiger partial charge in [0, 0.05) is 0 Å². The van der Waals surface area contributed by atoms with Crippen LogP contribution in [0.25, 0.3) is 0 Å². The first kappa shape index (κ1) is 22.4. The van der Waals surface area contributed by atoms with Crippen LogP contribution < -0.4 is 0 Å². The maximum Gasteiger partial charge on any atom is 2.00 e. The topological polar surface area (TPSA) is 156 Å². The van der Waals surface area contributed by atoms with Gasteiger partial charge < -0.3 is 23.7 Å². The maximum absolute atomic E-state index is 8.44. The fourth-order valence-electron chi connectivity index (χ4n) is 0. The van der Waals surface area contributed by atoms with Crippen LogP contribution in [-0.2, 0) is 43.8 Å². The molecule has 0 saturated heterocycles. The quantitative estimate of drug-likeness (QED) is 0.450. The average Bonchev–Trinajstić information content (AvgIpc) is 1.25. The van der Waals surface area contributed by atoms with E-state index in [2.05, 4.69) is 0 Å². The second-order valence-corrected chi connectivity index (χ2v) is 1.22. The zero-order valence-corrected chi connectivity index (χ0v) is 7.93. The monoisotopic (exact) mass is 375 g/mol. The smallest absolute Gasteiger partial charge is 0.870 e. The van der Waals surface area contributed by atoms with E-state index in [4.69, 9.17) is 26.6 Å². The summed E-state index contributed by atoms with van der Waals surface area (Å²) in [5.41, 5.74) is 0. The molecule has 0 aromatic rings. The Balaban J connectivity index is -0.00000000800. The van der Waals surface area contributed by atoms with E-state index >= 15 is 0 Å². The third kappa shape index (κ3) is 858. The molecular weight excluding hydrogens is 371 g/mol. The minimum absolute atomic E-state index is 0. The van der Waals surface area contributed by atoms with Gasteiger partial charge in [0.15, 0.2) is 0 Å². The van der Waals surface area contributed by atoms with Crippen molar-refractivity contribution >= 4 is 22.7 Å². The van der Waals surface area contributed by atoms with Gasteiger partial charge in [0.2, 0.25) is 0 Å². The fourth-order valence-corrected chi connectivity index (χ4v) is 0. The molecule has 68 valence electrons. The van der Waals surface area contributed by atoms with Gasteiger partial charge in [-0.2, -0.15) is 0 Å². The molecule has 1 N–H and O–H groups in total. The Hall–Kier alpha value is 0.788. The van der Waals surface area contributed by atoms with Crippen molar-refractivity contribution in [3.8, 4) is 0 Å². The SMILES string of the molecule is O=S([O-])[O-].O=S([O-])[O-].[H+].[H+].[H+].[OH-].[Pt+2]. The zero-order chi connectivity index (χ0) is 7.15. The third-order valence-corrected chi connectivity index (χ3v) is 0. The molecule has 0 atom stereocenters. The van der Waals surface area contributed by atoms with Crippen LogP contribution in [0.15, 0.2) is 0 Å². The van der Waals surface area contributed by atoms with Gasteiger partial charge in [0.25, 0.3) is 0 Å². The molecule has 0 aliphatic heterocycles. The van der Waals surface area contributed by atoms with E-state index in [1.165, 1.54) is 0 Å². The van der Waals surface area contributed by atoms with Crippen molar-refractivity contribution in [3.63, 3.8) is 0 Å². The average molecular weight is 375 g/mol. The Kier molecular flexibility index (Phi) is 36.8. The molecule has 10 heteroatoms. The molecule has 0 aromatic carbocycles. The first-order valence-corrected chi connectivity index (χ1v) is 3.00. The fraction of sp³-hybridized carbons (Fsp3) is 0. The molecule has 0 rings (SSSR count). The summed E-state index contributed by atoms with van der Waals surface area (Å²) in [5, 5.41) is 0. The molecule has 7 nitrogen and oxygen atoms in total. The van der Waals surface area contributed by atoms with E-state index < -0.39 is 22.7 Å². The standard InChI is InChI=1S/2H2O3S.H2O.Pt/c2*1-4(2)3;;/h2*(H2,1,2,3);1H2;/q;;;+2/p-2. The molecule has 0 amide bonds. The van der Waals surface area contributed by atoms with Crippen molar-refractivity contribution in [2.75, 3.05) is 0 Å². The maximum atomic E-state index is 8.44. The molecule has 0 unspecified atom stereocenters. The van der Waals surface area contributed by atoms with Crippen molar-refractivity contribution in [2.45, 2.75) is 0 Å². The second-order valence-electron chi connectivity index (χ2n) is 0.408. The summed E-state index contributed by atoms with van der Waals surface area (Å²) in [5.74, 6) is 0. The number of hydrogen-bond donors (Lipinski definition) is 0. The van der Waals surface area contributed by atoms with Crippen LogP contribution in [0.1, 0.15) is 4.28 Å². The van der Waals surface area contributed by atoms with Crippen LogP contribution in [0.5, 0.6) is 0 Å². The van der Waals surface area contributed by atoms with E-state index in [0.29, 0.717) is 0 Å². The third-order valence-electron chi connectivity index (χ3n) is 0. The van der Waals surface area contributed by atoms with Crippen molar-refractivity contribution < 1.29 is 57.5 Å². The zero-order valence-electron chi connectivity index (χ0n) is 7.03. The van der Waals surface area contributed by atoms with Crippen LogP contribution in [-0.4, -0.2) is 32.1 Å². The van der Waals surface area contributed by atoms with Crippen molar-refractivity contribution in [1.82, 2.24) is 0 Å². The Morgan fingerprint density at radius 3 is 0.900 bits per heavy atom. The van der Waals surface area contributed by atoms with Gasteiger partial charge in [0.05, 0.1) is 0 Å². The van der Waals surface area contributed by atoms with Crippen molar-refractivity contribution in [3.05, 3.63) is 0 Å². The Bertz CT molecular complexity index is 79.7. The molecular formula is H4O7PtS2. The van der Waals surface area contributed by atoms with Gasteiger partial charge >= 0.3 is 25.3 Å². The van der Waals surface area contributed by atoms with Crippen LogP contribution in [0.3, 0.4) is 0 Å². The summed E-state index contributed by atoms with van der Waals surface area (Å²) in [6.07, 6.45) is 0. The molecule has 0 bridgehead atoms. The summed E-state index contributed by atoms with van der Waals surface area (Å²) in [6.45, 7) is 0. The van der Waals surface area contributed by atoms with Crippen LogP contribution in [0.2, 0.25) is 0 Å². The summed E-state index contributed by atoms with van der Waals surface area (Å²) in [6, 6.07) is 0. The van der Waals surface area contributed by atoms with E-state index in [1.54, 1.807) is 0 Å². The molecule has 0 radical (unpaired) electrons. The predicted molar refractivity (Wildman–Crippen MR) is 24.7 cm³/mol. The van der Waals surface area contributed by atoms with Crippen LogP contribution >= 0.6 is 0 Å². The van der Waals surface area contributed by atoms with Crippen LogP contribution in [0.4, 0.5) is 0 Å². The van der Waals surface area contributed by atoms with Gasteiger partial charge in [-0.1, -0.05) is 0 Å². The van der Waals surface area contributed by atoms with Gasteiger partial charge in [-0.15, -0.1) is 22.7 Å². The molecule has 10 heavy (non-hydrogen) atoms. The van der Waals surface area contributed by atoms with E-state index in [1.807, 2.05) is 0 Å². The first-order valence-electron chi connectivity index (χ1n) is 1.00. The van der Waals surface area contributed by atoms with Crippen LogP contribution in [0, 0.1) is 0 Å². The minimum atomic E-state index is -3.11. The molecule has 0 aliphatic carbocycles. The van der Waals surface area contributed by atoms with E-state index in [-0.39, 0.29) is 30.8 Å². The predicted octanol–water partition coefficient (Wildman–Crippen LogP) is -1.85. The van der Waals surface area contributed by atoms with Gasteiger partial charge in [-0.3, -0.25) is 8.42 Å². The Morgan fingerprint density at radius 1 is 0.900 bits per heavy atom. The largest absolute Gasteiger partial charge is 2.00 e. The molecule has 0 spiro atoms. The number of hydrogen-bond acceptors (Lipinski definition) is 7. The minimum Gasteiger partial charge on any atom is -0.870 e. The molecule has 0 heterocycles. The molecule has 0 fully saturated rings. The van der Waals surface area contributed by atoms with E-state index in [0.717, 1.165) is 0 Å². The first-order chi connectivity index (χ1) is 3.46. The summed E-state index contributed by atoms with van der Waals surface area (Å²) in [7, 11) is 0. The molecule has 0 aliphatic rings. The normalized spacial score (nSPS) is 7.00. The summed E-state index contributed by atoms with van der Waals surface area (Å²) in [4.78, 5) is 0. The van der Waals surface area contributed by atoms with Gasteiger partial charge in [0.1, 0.15) is 0 Å².